The third-order valence-corrected chi connectivity index (χ3v) is 2.82. The van der Waals surface area contributed by atoms with Crippen molar-refractivity contribution in [1.82, 2.24) is 9.78 Å². The number of nitrogens with zero attached hydrogens (tertiary/aromatic N) is 2. The van der Waals surface area contributed by atoms with Crippen LogP contribution in [0.3, 0.4) is 0 Å². The minimum atomic E-state index is -0.385. The fraction of sp³-hybridized carbons (Fsp3) is 0.100. The van der Waals surface area contributed by atoms with Crippen LogP contribution < -0.4 is 5.73 Å². The van der Waals surface area contributed by atoms with E-state index >= 15 is 0 Å². The molecule has 0 aliphatic heterocycles. The van der Waals surface area contributed by atoms with Gasteiger partial charge in [-0.25, -0.2) is 4.39 Å². The lowest BCUT2D eigenvalue weighted by atomic mass is 10.3. The van der Waals surface area contributed by atoms with Crippen molar-refractivity contribution < 1.29 is 4.39 Å². The average Bonchev–Trinajstić information content (AvgIpc) is 2.58. The van der Waals surface area contributed by atoms with E-state index in [-0.39, 0.29) is 11.5 Å². The summed E-state index contributed by atoms with van der Waals surface area (Å²) in [4.78, 5) is 1.79. The van der Waals surface area contributed by atoms with Crippen molar-refractivity contribution in [3.8, 4) is 0 Å². The van der Waals surface area contributed by atoms with Gasteiger partial charge in [0, 0.05) is 18.1 Å². The van der Waals surface area contributed by atoms with Gasteiger partial charge in [0.2, 0.25) is 0 Å². The summed E-state index contributed by atoms with van der Waals surface area (Å²) in [7, 11) is 1.84. The number of benzene rings is 1. The second-order valence-corrected chi connectivity index (χ2v) is 4.28. The van der Waals surface area contributed by atoms with Gasteiger partial charge in [0.25, 0.3) is 0 Å². The zero-order valence-electron chi connectivity index (χ0n) is 8.14. The number of hydrogen-bond donors (Lipinski definition) is 1. The predicted octanol–water partition coefficient (Wildman–Crippen LogP) is 2.29. The maximum Gasteiger partial charge on any atom is 0.147 e. The Morgan fingerprint density at radius 1 is 1.40 bits per heavy atom. The summed E-state index contributed by atoms with van der Waals surface area (Å²) in [6, 6.07) is 4.77. The molecule has 3 nitrogen and oxygen atoms in total. The van der Waals surface area contributed by atoms with Gasteiger partial charge in [0.15, 0.2) is 0 Å². The molecule has 0 saturated heterocycles. The van der Waals surface area contributed by atoms with Crippen molar-refractivity contribution in [3.63, 3.8) is 0 Å². The summed E-state index contributed by atoms with van der Waals surface area (Å²) in [5, 5.41) is 4.03. The molecule has 1 heterocycles. The molecule has 0 amide bonds. The van der Waals surface area contributed by atoms with Crippen LogP contribution in [-0.2, 0) is 7.05 Å². The minimum Gasteiger partial charge on any atom is -0.396 e. The van der Waals surface area contributed by atoms with E-state index in [1.165, 1.54) is 17.8 Å². The topological polar surface area (TPSA) is 43.8 Å². The quantitative estimate of drug-likeness (QED) is 0.794. The molecule has 2 N–H and O–H groups in total. The lowest BCUT2D eigenvalue weighted by molar-refractivity contribution is 0.629. The van der Waals surface area contributed by atoms with Crippen LogP contribution in [0, 0.1) is 5.82 Å². The van der Waals surface area contributed by atoms with Gasteiger partial charge in [0.1, 0.15) is 5.82 Å². The summed E-state index contributed by atoms with van der Waals surface area (Å²) in [6.07, 6.45) is 3.61. The number of aryl methyl sites for hydroxylation is 1. The van der Waals surface area contributed by atoms with Gasteiger partial charge in [-0.2, -0.15) is 5.10 Å². The molecule has 78 valence electrons. The van der Waals surface area contributed by atoms with E-state index < -0.39 is 0 Å². The molecule has 15 heavy (non-hydrogen) atoms. The average molecular weight is 223 g/mol. The third kappa shape index (κ3) is 2.30. The van der Waals surface area contributed by atoms with Crippen LogP contribution in [-0.4, -0.2) is 9.78 Å². The Labute approximate surface area is 91.1 Å². The number of rotatable bonds is 2. The molecular formula is C10H10FN3S. The van der Waals surface area contributed by atoms with Gasteiger partial charge in [-0.15, -0.1) is 0 Å². The van der Waals surface area contributed by atoms with Crippen LogP contribution in [0.25, 0.3) is 0 Å². The van der Waals surface area contributed by atoms with Crippen LogP contribution in [0.4, 0.5) is 10.1 Å². The van der Waals surface area contributed by atoms with Gasteiger partial charge in [-0.05, 0) is 18.2 Å². The molecule has 5 heteroatoms. The van der Waals surface area contributed by atoms with Gasteiger partial charge in [0.05, 0.1) is 16.8 Å². The molecule has 0 unspecified atom stereocenters. The molecule has 0 aliphatic carbocycles. The molecule has 0 atom stereocenters. The van der Waals surface area contributed by atoms with Crippen LogP contribution in [0.5, 0.6) is 0 Å². The second-order valence-electron chi connectivity index (χ2n) is 3.14. The Morgan fingerprint density at radius 2 is 2.20 bits per heavy atom. The molecule has 0 saturated carbocycles. The van der Waals surface area contributed by atoms with Crippen LogP contribution in [0.1, 0.15) is 0 Å². The molecule has 2 aromatic rings. The monoisotopic (exact) mass is 223 g/mol. The first-order valence-corrected chi connectivity index (χ1v) is 5.18. The summed E-state index contributed by atoms with van der Waals surface area (Å²) in [6.45, 7) is 0. The number of aromatic nitrogens is 2. The molecule has 0 fully saturated rings. The van der Waals surface area contributed by atoms with E-state index in [1.807, 2.05) is 13.2 Å². The van der Waals surface area contributed by atoms with E-state index in [9.17, 15) is 4.39 Å². The predicted molar refractivity (Wildman–Crippen MR) is 58.1 cm³/mol. The number of nitrogen functional groups attached to an aromatic ring is 1. The first kappa shape index (κ1) is 10.0. The summed E-state index contributed by atoms with van der Waals surface area (Å²) in [5.74, 6) is -0.385. The van der Waals surface area contributed by atoms with Crippen LogP contribution in [0.2, 0.25) is 0 Å². The van der Waals surface area contributed by atoms with Crippen molar-refractivity contribution in [2.24, 2.45) is 7.05 Å². The molecule has 2 rings (SSSR count). The van der Waals surface area contributed by atoms with Gasteiger partial charge in [-0.1, -0.05) is 11.8 Å². The standard InChI is InChI=1S/C10H10FN3S/c1-14-6-8(5-13-14)15-7-2-3-10(12)9(11)4-7/h2-6H,12H2,1H3. The minimum absolute atomic E-state index is 0.172. The highest BCUT2D eigenvalue weighted by molar-refractivity contribution is 7.99. The van der Waals surface area contributed by atoms with Crippen LogP contribution >= 0.6 is 11.8 Å². The fourth-order valence-electron chi connectivity index (χ4n) is 1.16. The van der Waals surface area contributed by atoms with Gasteiger partial charge in [-0.3, -0.25) is 4.68 Å². The highest BCUT2D eigenvalue weighted by Crippen LogP contribution is 2.28. The highest BCUT2D eigenvalue weighted by atomic mass is 32.2. The van der Waals surface area contributed by atoms with Crippen molar-refractivity contribution in [2.75, 3.05) is 5.73 Å². The van der Waals surface area contributed by atoms with Crippen molar-refractivity contribution in [3.05, 3.63) is 36.4 Å². The fourth-order valence-corrected chi connectivity index (χ4v) is 2.03. The molecule has 0 radical (unpaired) electrons. The van der Waals surface area contributed by atoms with Gasteiger partial charge < -0.3 is 5.73 Å². The second kappa shape index (κ2) is 3.94. The van der Waals surface area contributed by atoms with Gasteiger partial charge >= 0.3 is 0 Å². The molecule has 1 aromatic heterocycles. The summed E-state index contributed by atoms with van der Waals surface area (Å²) in [5.41, 5.74) is 5.56. The molecular weight excluding hydrogens is 213 g/mol. The lowest BCUT2D eigenvalue weighted by Crippen LogP contribution is -1.89. The number of nitrogens with two attached hydrogens (primary N) is 1. The van der Waals surface area contributed by atoms with E-state index in [0.29, 0.717) is 0 Å². The maximum absolute atomic E-state index is 13.1. The smallest absolute Gasteiger partial charge is 0.147 e. The Balaban J connectivity index is 2.21. The number of hydrogen-bond acceptors (Lipinski definition) is 3. The zero-order chi connectivity index (χ0) is 10.8. The van der Waals surface area contributed by atoms with E-state index in [2.05, 4.69) is 5.10 Å². The van der Waals surface area contributed by atoms with Crippen molar-refractivity contribution in [2.45, 2.75) is 9.79 Å². The maximum atomic E-state index is 13.1. The lowest BCUT2D eigenvalue weighted by Gasteiger charge is -2.00. The highest BCUT2D eigenvalue weighted by Gasteiger charge is 2.03. The van der Waals surface area contributed by atoms with Crippen molar-refractivity contribution >= 4 is 17.4 Å². The Hall–Kier alpha value is -1.49. The third-order valence-electron chi connectivity index (χ3n) is 1.89. The first-order chi connectivity index (χ1) is 7.15. The first-order valence-electron chi connectivity index (χ1n) is 4.36. The molecule has 0 spiro atoms. The normalized spacial score (nSPS) is 10.5. The van der Waals surface area contributed by atoms with Crippen LogP contribution in [0.15, 0.2) is 40.4 Å². The van der Waals surface area contributed by atoms with E-state index in [1.54, 1.807) is 23.0 Å². The molecule has 0 bridgehead atoms. The number of halogens is 1. The van der Waals surface area contributed by atoms with E-state index in [0.717, 1.165) is 9.79 Å². The van der Waals surface area contributed by atoms with E-state index in [4.69, 9.17) is 5.73 Å². The summed E-state index contributed by atoms with van der Waals surface area (Å²) < 4.78 is 14.8. The largest absolute Gasteiger partial charge is 0.396 e. The Kier molecular flexibility index (Phi) is 2.64. The Bertz CT molecular complexity index is 481. The molecule has 1 aromatic carbocycles. The zero-order valence-corrected chi connectivity index (χ0v) is 8.96. The number of anilines is 1. The summed E-state index contributed by atoms with van der Waals surface area (Å²) >= 11 is 1.45. The van der Waals surface area contributed by atoms with Crippen molar-refractivity contribution in [1.29, 1.82) is 0 Å². The molecule has 0 aliphatic rings. The Morgan fingerprint density at radius 3 is 2.80 bits per heavy atom. The SMILES string of the molecule is Cn1cc(Sc2ccc(N)c(F)c2)cn1.